The third kappa shape index (κ3) is 3.13. The summed E-state index contributed by atoms with van der Waals surface area (Å²) in [5, 5.41) is 12.9. The summed E-state index contributed by atoms with van der Waals surface area (Å²) in [6.45, 7) is 1.82. The van der Waals surface area contributed by atoms with E-state index in [1.54, 1.807) is 23.5 Å². The Labute approximate surface area is 141 Å². The van der Waals surface area contributed by atoms with Gasteiger partial charge in [-0.15, -0.1) is 22.7 Å². The van der Waals surface area contributed by atoms with Crippen molar-refractivity contribution in [3.63, 3.8) is 0 Å². The van der Waals surface area contributed by atoms with Gasteiger partial charge in [-0.05, 0) is 25.5 Å². The molecule has 2 heterocycles. The number of allylic oxidation sites excluding steroid dienone is 1. The maximum Gasteiger partial charge on any atom is 0.326 e. The summed E-state index contributed by atoms with van der Waals surface area (Å²) in [7, 11) is 0. The molecule has 6 heteroatoms. The molecule has 3 aromatic rings. The molecule has 0 spiro atoms. The van der Waals surface area contributed by atoms with Crippen LogP contribution in [0.15, 0.2) is 42.5 Å². The van der Waals surface area contributed by atoms with Gasteiger partial charge in [-0.1, -0.05) is 30.4 Å². The first kappa shape index (κ1) is 15.7. The van der Waals surface area contributed by atoms with E-state index >= 15 is 0 Å². The number of carboxylic acid groups (broad SMARTS) is 1. The van der Waals surface area contributed by atoms with E-state index in [0.717, 1.165) is 14.8 Å². The zero-order chi connectivity index (χ0) is 16.4. The molecule has 0 radical (unpaired) electrons. The van der Waals surface area contributed by atoms with E-state index in [9.17, 15) is 14.7 Å². The van der Waals surface area contributed by atoms with Crippen molar-refractivity contribution < 1.29 is 14.7 Å². The van der Waals surface area contributed by atoms with Gasteiger partial charge in [0.25, 0.3) is 5.91 Å². The Bertz CT molecular complexity index is 907. The Morgan fingerprint density at radius 3 is 2.78 bits per heavy atom. The van der Waals surface area contributed by atoms with Crippen LogP contribution in [0.5, 0.6) is 0 Å². The van der Waals surface area contributed by atoms with E-state index in [2.05, 4.69) is 11.4 Å². The van der Waals surface area contributed by atoms with E-state index in [0.29, 0.717) is 4.88 Å². The molecule has 1 atom stereocenters. The van der Waals surface area contributed by atoms with Crippen LogP contribution in [0.25, 0.3) is 19.5 Å². The van der Waals surface area contributed by atoms with Gasteiger partial charge in [0.2, 0.25) is 0 Å². The monoisotopic (exact) mass is 345 g/mol. The van der Waals surface area contributed by atoms with Gasteiger partial charge >= 0.3 is 5.97 Å². The van der Waals surface area contributed by atoms with Gasteiger partial charge in [-0.25, -0.2) is 4.79 Å². The van der Waals surface area contributed by atoms with Gasteiger partial charge in [-0.2, -0.15) is 0 Å². The molecule has 2 N–H and O–H groups in total. The molecule has 0 saturated heterocycles. The number of benzene rings is 1. The molecule has 1 unspecified atom stereocenters. The molecule has 0 aliphatic carbocycles. The summed E-state index contributed by atoms with van der Waals surface area (Å²) in [5.74, 6) is -1.36. The fourth-order valence-corrected chi connectivity index (χ4v) is 4.76. The Morgan fingerprint density at radius 2 is 2.04 bits per heavy atom. The van der Waals surface area contributed by atoms with Crippen molar-refractivity contribution in [3.8, 4) is 0 Å². The predicted octanol–water partition coefficient (Wildman–Crippen LogP) is 4.27. The van der Waals surface area contributed by atoms with E-state index < -0.39 is 12.0 Å². The van der Waals surface area contributed by atoms with Crippen molar-refractivity contribution in [3.05, 3.63) is 47.4 Å². The number of fused-ring (bicyclic) bond motifs is 3. The number of thiophene rings is 2. The fourth-order valence-electron chi connectivity index (χ4n) is 2.33. The second kappa shape index (κ2) is 6.52. The van der Waals surface area contributed by atoms with Crippen LogP contribution in [0.1, 0.15) is 23.0 Å². The minimum atomic E-state index is -1.03. The van der Waals surface area contributed by atoms with Gasteiger partial charge in [0.15, 0.2) is 0 Å². The molecule has 0 fully saturated rings. The summed E-state index contributed by atoms with van der Waals surface area (Å²) in [6.07, 6.45) is 3.79. The summed E-state index contributed by atoms with van der Waals surface area (Å²) in [5.41, 5.74) is 0. The van der Waals surface area contributed by atoms with Crippen molar-refractivity contribution >= 4 is 54.0 Å². The molecule has 23 heavy (non-hydrogen) atoms. The molecule has 118 valence electrons. The smallest absolute Gasteiger partial charge is 0.326 e. The highest BCUT2D eigenvalue weighted by atomic mass is 32.1. The first-order valence-corrected chi connectivity index (χ1v) is 8.79. The first-order chi connectivity index (χ1) is 11.1. The Kier molecular flexibility index (Phi) is 4.45. The average Bonchev–Trinajstić information content (AvgIpc) is 3.08. The first-order valence-electron chi connectivity index (χ1n) is 7.16. The van der Waals surface area contributed by atoms with Gasteiger partial charge in [0.05, 0.1) is 9.58 Å². The molecule has 3 rings (SSSR count). The van der Waals surface area contributed by atoms with Crippen LogP contribution in [0.3, 0.4) is 0 Å². The summed E-state index contributed by atoms with van der Waals surface area (Å²) in [6, 6.07) is 9.01. The van der Waals surface area contributed by atoms with Gasteiger partial charge in [0.1, 0.15) is 6.04 Å². The van der Waals surface area contributed by atoms with Crippen molar-refractivity contribution in [2.45, 2.75) is 19.4 Å². The number of hydrogen-bond acceptors (Lipinski definition) is 4. The lowest BCUT2D eigenvalue weighted by atomic mass is 10.2. The third-order valence-corrected chi connectivity index (χ3v) is 5.90. The van der Waals surface area contributed by atoms with E-state index in [1.807, 2.05) is 31.2 Å². The number of carboxylic acids is 1. The van der Waals surface area contributed by atoms with Crippen molar-refractivity contribution in [1.29, 1.82) is 0 Å². The van der Waals surface area contributed by atoms with Crippen LogP contribution in [-0.2, 0) is 4.79 Å². The Balaban J connectivity index is 1.87. The topological polar surface area (TPSA) is 66.4 Å². The molecule has 1 aromatic carbocycles. The van der Waals surface area contributed by atoms with E-state index in [1.165, 1.54) is 16.0 Å². The molecule has 0 aliphatic heterocycles. The average molecular weight is 345 g/mol. The van der Waals surface area contributed by atoms with E-state index in [-0.39, 0.29) is 12.3 Å². The SMILES string of the molecule is C/C=C/CC(NC(=O)c1cc2sc3ccccc3c2s1)C(=O)O. The maximum atomic E-state index is 12.3. The van der Waals surface area contributed by atoms with Crippen LogP contribution in [0.4, 0.5) is 0 Å². The minimum absolute atomic E-state index is 0.278. The summed E-state index contributed by atoms with van der Waals surface area (Å²) in [4.78, 5) is 24.1. The van der Waals surface area contributed by atoms with Crippen LogP contribution in [-0.4, -0.2) is 23.0 Å². The van der Waals surface area contributed by atoms with E-state index in [4.69, 9.17) is 0 Å². The predicted molar refractivity (Wildman–Crippen MR) is 95.5 cm³/mol. The zero-order valence-electron chi connectivity index (χ0n) is 12.4. The Hall–Kier alpha value is -2.18. The van der Waals surface area contributed by atoms with Crippen molar-refractivity contribution in [1.82, 2.24) is 5.32 Å². The van der Waals surface area contributed by atoms with Crippen LogP contribution >= 0.6 is 22.7 Å². The largest absolute Gasteiger partial charge is 0.480 e. The highest BCUT2D eigenvalue weighted by Gasteiger charge is 2.21. The molecule has 0 saturated carbocycles. The zero-order valence-corrected chi connectivity index (χ0v) is 14.0. The second-order valence-electron chi connectivity index (χ2n) is 5.07. The lowest BCUT2D eigenvalue weighted by Crippen LogP contribution is -2.40. The molecule has 1 amide bonds. The lowest BCUT2D eigenvalue weighted by Gasteiger charge is -2.11. The third-order valence-electron chi connectivity index (χ3n) is 3.48. The normalized spacial score (nSPS) is 12.9. The van der Waals surface area contributed by atoms with Gasteiger partial charge in [0, 0.05) is 14.8 Å². The summed E-state index contributed by atoms with van der Waals surface area (Å²) < 4.78 is 3.33. The molecule has 2 aromatic heterocycles. The Morgan fingerprint density at radius 1 is 1.26 bits per heavy atom. The molecule has 0 bridgehead atoms. The number of aliphatic carboxylic acids is 1. The number of carbonyl (C=O) groups excluding carboxylic acids is 1. The second-order valence-corrected chi connectivity index (χ2v) is 7.21. The highest BCUT2D eigenvalue weighted by Crippen LogP contribution is 2.39. The number of amides is 1. The molecule has 0 aliphatic rings. The van der Waals surface area contributed by atoms with Gasteiger partial charge in [-0.3, -0.25) is 4.79 Å². The van der Waals surface area contributed by atoms with Crippen LogP contribution < -0.4 is 5.32 Å². The van der Waals surface area contributed by atoms with Crippen molar-refractivity contribution in [2.75, 3.05) is 0 Å². The number of hydrogen-bond donors (Lipinski definition) is 2. The molecular weight excluding hydrogens is 330 g/mol. The number of nitrogens with one attached hydrogen (secondary N) is 1. The molecule has 4 nitrogen and oxygen atoms in total. The molecular formula is C17H15NO3S2. The number of carbonyl (C=O) groups is 2. The quantitative estimate of drug-likeness (QED) is 0.679. The van der Waals surface area contributed by atoms with Gasteiger partial charge < -0.3 is 10.4 Å². The number of rotatable bonds is 5. The van der Waals surface area contributed by atoms with Crippen LogP contribution in [0.2, 0.25) is 0 Å². The minimum Gasteiger partial charge on any atom is -0.480 e. The van der Waals surface area contributed by atoms with Crippen LogP contribution in [0, 0.1) is 0 Å². The summed E-state index contributed by atoms with van der Waals surface area (Å²) >= 11 is 3.05. The highest BCUT2D eigenvalue weighted by molar-refractivity contribution is 7.33. The van der Waals surface area contributed by atoms with Crippen molar-refractivity contribution in [2.24, 2.45) is 0 Å². The maximum absolute atomic E-state index is 12.3. The lowest BCUT2D eigenvalue weighted by molar-refractivity contribution is -0.139. The fraction of sp³-hybridized carbons (Fsp3) is 0.176. The standard InChI is InChI=1S/C17H15NO3S2/c1-2-3-7-11(17(20)21)18-16(19)14-9-13-15(23-14)10-6-4-5-8-12(10)22-13/h2-6,8-9,11H,7H2,1H3,(H,18,19)(H,20,21)/b3-2+.